The number of allylic oxidation sites excluding steroid dienone is 1. The lowest BCUT2D eigenvalue weighted by molar-refractivity contribution is 0.0144. The second-order valence-electron chi connectivity index (χ2n) is 8.01. The van der Waals surface area contributed by atoms with Crippen LogP contribution in [0.15, 0.2) is 12.7 Å². The average molecular weight is 348 g/mol. The first-order valence-corrected chi connectivity index (χ1v) is 9.97. The van der Waals surface area contributed by atoms with Crippen LogP contribution in [-0.2, 0) is 4.74 Å². The molecule has 3 heteroatoms. The molecule has 0 bridgehead atoms. The Hall–Kier alpha value is -1.43. The zero-order valence-corrected chi connectivity index (χ0v) is 16.8. The molecule has 2 atom stereocenters. The number of nitrogens with zero attached hydrogens (tertiary/aromatic N) is 1. The molecule has 25 heavy (non-hydrogen) atoms. The summed E-state index contributed by atoms with van der Waals surface area (Å²) < 4.78 is 5.65. The Morgan fingerprint density at radius 1 is 1.20 bits per heavy atom. The van der Waals surface area contributed by atoms with Crippen LogP contribution in [-0.4, -0.2) is 28.7 Å². The summed E-state index contributed by atoms with van der Waals surface area (Å²) in [4.78, 5) is 14.6. The highest BCUT2D eigenvalue weighted by Crippen LogP contribution is 2.30. The van der Waals surface area contributed by atoms with E-state index in [0.29, 0.717) is 0 Å². The molecule has 1 amide bonds. The largest absolute Gasteiger partial charge is 0.444 e. The summed E-state index contributed by atoms with van der Waals surface area (Å²) in [6, 6.07) is 0.442. The van der Waals surface area contributed by atoms with Gasteiger partial charge in [0.2, 0.25) is 0 Å². The molecule has 1 aliphatic rings. The van der Waals surface area contributed by atoms with Gasteiger partial charge in [-0.15, -0.1) is 18.4 Å². The van der Waals surface area contributed by atoms with E-state index < -0.39 is 5.60 Å². The van der Waals surface area contributed by atoms with Gasteiger partial charge in [0.15, 0.2) is 0 Å². The van der Waals surface area contributed by atoms with Crippen molar-refractivity contribution in [3.05, 3.63) is 12.7 Å². The second-order valence-corrected chi connectivity index (χ2v) is 8.01. The summed E-state index contributed by atoms with van der Waals surface area (Å²) in [6.45, 7) is 11.8. The van der Waals surface area contributed by atoms with Gasteiger partial charge in [-0.05, 0) is 52.9 Å². The predicted octanol–water partition coefficient (Wildman–Crippen LogP) is 6.08. The molecule has 1 aliphatic heterocycles. The van der Waals surface area contributed by atoms with Gasteiger partial charge in [0.05, 0.1) is 0 Å². The SMILES string of the molecule is C=CCC[C@@H]1CC[C@H](CC#CCCCCCC)N1C(=O)OC(C)(C)C. The Morgan fingerprint density at radius 2 is 1.92 bits per heavy atom. The number of likely N-dealkylation sites (tertiary alicyclic amines) is 1. The third-order valence-corrected chi connectivity index (χ3v) is 4.55. The molecular weight excluding hydrogens is 310 g/mol. The zero-order valence-electron chi connectivity index (χ0n) is 16.8. The summed E-state index contributed by atoms with van der Waals surface area (Å²) in [5, 5.41) is 0. The standard InChI is InChI=1S/C22H37NO2/c1-6-8-10-11-12-13-14-16-20-18-17-19(15-9-7-2)23(20)21(24)25-22(3,4)5/h7,19-20H,2,6,8-12,15-18H2,1,3-5H3/t19-,20+/m1/s1. The van der Waals surface area contributed by atoms with Crippen molar-refractivity contribution in [2.24, 2.45) is 0 Å². The topological polar surface area (TPSA) is 29.5 Å². The maximum absolute atomic E-state index is 12.7. The average Bonchev–Trinajstić information content (AvgIpc) is 2.93. The molecule has 0 spiro atoms. The number of ether oxygens (including phenoxy) is 1. The maximum atomic E-state index is 12.7. The first-order valence-electron chi connectivity index (χ1n) is 9.97. The van der Waals surface area contributed by atoms with Gasteiger partial charge in [-0.1, -0.05) is 32.3 Å². The van der Waals surface area contributed by atoms with E-state index in [9.17, 15) is 4.79 Å². The lowest BCUT2D eigenvalue weighted by Gasteiger charge is -2.32. The van der Waals surface area contributed by atoms with Crippen LogP contribution in [0.1, 0.15) is 91.9 Å². The molecule has 3 nitrogen and oxygen atoms in total. The van der Waals surface area contributed by atoms with Crippen molar-refractivity contribution < 1.29 is 9.53 Å². The van der Waals surface area contributed by atoms with Gasteiger partial charge in [-0.25, -0.2) is 4.79 Å². The van der Waals surface area contributed by atoms with Gasteiger partial charge in [0.1, 0.15) is 5.60 Å². The van der Waals surface area contributed by atoms with E-state index in [0.717, 1.165) is 38.5 Å². The van der Waals surface area contributed by atoms with Gasteiger partial charge >= 0.3 is 6.09 Å². The Balaban J connectivity index is 2.61. The molecular formula is C22H37NO2. The number of hydrogen-bond donors (Lipinski definition) is 0. The molecule has 0 unspecified atom stereocenters. The minimum Gasteiger partial charge on any atom is -0.444 e. The van der Waals surface area contributed by atoms with Gasteiger partial charge < -0.3 is 9.64 Å². The summed E-state index contributed by atoms with van der Waals surface area (Å²) in [5.74, 6) is 6.60. The third kappa shape index (κ3) is 8.47. The molecule has 142 valence electrons. The molecule has 0 saturated carbocycles. The first-order chi connectivity index (χ1) is 11.9. The number of carbonyl (C=O) groups is 1. The number of carbonyl (C=O) groups excluding carboxylic acids is 1. The highest BCUT2D eigenvalue weighted by molar-refractivity contribution is 5.69. The van der Waals surface area contributed by atoms with Crippen molar-refractivity contribution in [3.63, 3.8) is 0 Å². The van der Waals surface area contributed by atoms with Gasteiger partial charge in [-0.2, -0.15) is 0 Å². The lowest BCUT2D eigenvalue weighted by Crippen LogP contribution is -2.44. The minimum absolute atomic E-state index is 0.186. The highest BCUT2D eigenvalue weighted by Gasteiger charge is 2.38. The van der Waals surface area contributed by atoms with Crippen molar-refractivity contribution in [2.45, 2.75) is 110 Å². The fourth-order valence-electron chi connectivity index (χ4n) is 3.29. The van der Waals surface area contributed by atoms with Crippen LogP contribution in [0, 0.1) is 11.8 Å². The smallest absolute Gasteiger partial charge is 0.410 e. The molecule has 1 saturated heterocycles. The molecule has 0 N–H and O–H groups in total. The molecule has 1 rings (SSSR count). The molecule has 0 aromatic carbocycles. The predicted molar refractivity (Wildman–Crippen MR) is 105 cm³/mol. The van der Waals surface area contributed by atoms with E-state index in [-0.39, 0.29) is 18.2 Å². The van der Waals surface area contributed by atoms with Crippen molar-refractivity contribution in [3.8, 4) is 11.8 Å². The number of amides is 1. The van der Waals surface area contributed by atoms with Crippen LogP contribution in [0.3, 0.4) is 0 Å². The second kappa shape index (κ2) is 11.2. The van der Waals surface area contributed by atoms with Crippen LogP contribution < -0.4 is 0 Å². The van der Waals surface area contributed by atoms with Crippen LogP contribution in [0.5, 0.6) is 0 Å². The maximum Gasteiger partial charge on any atom is 0.410 e. The quantitative estimate of drug-likeness (QED) is 0.302. The summed E-state index contributed by atoms with van der Waals surface area (Å²) in [5.41, 5.74) is -0.460. The number of rotatable bonds is 8. The van der Waals surface area contributed by atoms with Crippen LogP contribution in [0.25, 0.3) is 0 Å². The summed E-state index contributed by atoms with van der Waals surface area (Å²) in [7, 11) is 0. The van der Waals surface area contributed by atoms with Crippen molar-refractivity contribution in [1.82, 2.24) is 4.90 Å². The van der Waals surface area contributed by atoms with E-state index in [1.807, 2.05) is 31.7 Å². The fraction of sp³-hybridized carbons (Fsp3) is 0.773. The molecule has 1 heterocycles. The Kier molecular flexibility index (Phi) is 9.71. The van der Waals surface area contributed by atoms with Crippen LogP contribution >= 0.6 is 0 Å². The van der Waals surface area contributed by atoms with Crippen molar-refractivity contribution in [2.75, 3.05) is 0 Å². The molecule has 1 fully saturated rings. The van der Waals surface area contributed by atoms with Gasteiger partial charge in [-0.3, -0.25) is 0 Å². The highest BCUT2D eigenvalue weighted by atomic mass is 16.6. The first kappa shape index (κ1) is 21.6. The van der Waals surface area contributed by atoms with E-state index in [4.69, 9.17) is 4.74 Å². The Bertz CT molecular complexity index is 467. The van der Waals surface area contributed by atoms with Crippen LogP contribution in [0.2, 0.25) is 0 Å². The van der Waals surface area contributed by atoms with E-state index in [2.05, 4.69) is 25.3 Å². The van der Waals surface area contributed by atoms with Crippen molar-refractivity contribution in [1.29, 1.82) is 0 Å². The third-order valence-electron chi connectivity index (χ3n) is 4.55. The number of hydrogen-bond acceptors (Lipinski definition) is 2. The molecule has 0 aliphatic carbocycles. The Labute approximate surface area is 155 Å². The zero-order chi connectivity index (χ0) is 18.7. The minimum atomic E-state index is -0.460. The van der Waals surface area contributed by atoms with E-state index in [1.165, 1.54) is 25.7 Å². The fourth-order valence-corrected chi connectivity index (χ4v) is 3.29. The van der Waals surface area contributed by atoms with Crippen molar-refractivity contribution >= 4 is 6.09 Å². The van der Waals surface area contributed by atoms with Gasteiger partial charge in [0.25, 0.3) is 0 Å². The van der Waals surface area contributed by atoms with E-state index >= 15 is 0 Å². The molecule has 0 aromatic heterocycles. The number of unbranched alkanes of at least 4 members (excludes halogenated alkanes) is 4. The molecule has 0 aromatic rings. The summed E-state index contributed by atoms with van der Waals surface area (Å²) >= 11 is 0. The lowest BCUT2D eigenvalue weighted by atomic mass is 10.1. The summed E-state index contributed by atoms with van der Waals surface area (Å²) in [6.07, 6.45) is 12.4. The van der Waals surface area contributed by atoms with Gasteiger partial charge in [0, 0.05) is 24.9 Å². The van der Waals surface area contributed by atoms with E-state index in [1.54, 1.807) is 0 Å². The normalized spacial score (nSPS) is 20.1. The Morgan fingerprint density at radius 3 is 2.56 bits per heavy atom. The van der Waals surface area contributed by atoms with Crippen LogP contribution in [0.4, 0.5) is 4.79 Å². The monoisotopic (exact) mass is 347 g/mol. The molecule has 0 radical (unpaired) electrons.